The first-order valence-corrected chi connectivity index (χ1v) is 9.96. The predicted molar refractivity (Wildman–Crippen MR) is 110 cm³/mol. The van der Waals surface area contributed by atoms with Gasteiger partial charge in [0.1, 0.15) is 17.5 Å². The third kappa shape index (κ3) is 4.18. The van der Waals surface area contributed by atoms with Crippen LogP contribution >= 0.6 is 0 Å². The molecule has 0 bridgehead atoms. The van der Waals surface area contributed by atoms with E-state index < -0.39 is 0 Å². The van der Waals surface area contributed by atoms with E-state index in [-0.39, 0.29) is 17.8 Å². The van der Waals surface area contributed by atoms with E-state index in [9.17, 15) is 9.18 Å². The Hall–Kier alpha value is -3.09. The Morgan fingerprint density at radius 3 is 2.72 bits per heavy atom. The molecule has 4 rings (SSSR count). The lowest BCUT2D eigenvalue weighted by Crippen LogP contribution is -2.39. The van der Waals surface area contributed by atoms with Gasteiger partial charge in [0.25, 0.3) is 0 Å². The van der Waals surface area contributed by atoms with E-state index in [0.29, 0.717) is 30.1 Å². The Bertz CT molecular complexity index is 1040. The molecule has 0 saturated carbocycles. The minimum Gasteiger partial charge on any atom is -0.383 e. The Labute approximate surface area is 169 Å². The molecule has 0 spiro atoms. The summed E-state index contributed by atoms with van der Waals surface area (Å²) in [6, 6.07) is 10.1. The second kappa shape index (κ2) is 8.11. The van der Waals surface area contributed by atoms with Gasteiger partial charge in [0.05, 0.1) is 17.1 Å². The van der Waals surface area contributed by atoms with Crippen LogP contribution in [-0.4, -0.2) is 32.3 Å². The van der Waals surface area contributed by atoms with E-state index in [1.165, 1.54) is 12.1 Å². The van der Waals surface area contributed by atoms with Gasteiger partial charge in [0, 0.05) is 13.0 Å². The van der Waals surface area contributed by atoms with Gasteiger partial charge in [-0.3, -0.25) is 4.79 Å². The molecule has 7 heteroatoms. The third-order valence-electron chi connectivity index (χ3n) is 5.43. The van der Waals surface area contributed by atoms with Crippen molar-refractivity contribution in [2.45, 2.75) is 45.1 Å². The number of carbonyl (C=O) groups is 1. The first-order valence-electron chi connectivity index (χ1n) is 9.96. The Morgan fingerprint density at radius 1 is 1.14 bits per heavy atom. The second-order valence-corrected chi connectivity index (χ2v) is 7.49. The quantitative estimate of drug-likeness (QED) is 0.730. The van der Waals surface area contributed by atoms with Crippen LogP contribution in [0.15, 0.2) is 36.4 Å². The molecule has 3 aromatic rings. The lowest BCUT2D eigenvalue weighted by atomic mass is 9.97. The number of aryl methyl sites for hydroxylation is 2. The van der Waals surface area contributed by atoms with Crippen molar-refractivity contribution in [1.82, 2.24) is 19.9 Å². The molecule has 1 saturated heterocycles. The topological polar surface area (TPSA) is 85.0 Å². The van der Waals surface area contributed by atoms with E-state index in [1.54, 1.807) is 19.1 Å². The van der Waals surface area contributed by atoms with Gasteiger partial charge in [0.15, 0.2) is 5.65 Å². The van der Waals surface area contributed by atoms with Crippen molar-refractivity contribution in [3.63, 3.8) is 0 Å². The Balaban J connectivity index is 1.54. The highest BCUT2D eigenvalue weighted by Crippen LogP contribution is 2.32. The maximum atomic E-state index is 13.1. The summed E-state index contributed by atoms with van der Waals surface area (Å²) in [6.45, 7) is 2.51. The number of benzene rings is 1. The van der Waals surface area contributed by atoms with Gasteiger partial charge in [-0.1, -0.05) is 12.1 Å². The minimum atomic E-state index is -0.266. The maximum absolute atomic E-state index is 13.1. The largest absolute Gasteiger partial charge is 0.383 e. The minimum absolute atomic E-state index is 0.0645. The van der Waals surface area contributed by atoms with E-state index in [0.717, 1.165) is 42.5 Å². The number of anilines is 1. The molecule has 2 aromatic heterocycles. The normalized spacial score (nSPS) is 16.9. The molecule has 1 aliphatic heterocycles. The molecule has 1 amide bonds. The maximum Gasteiger partial charge on any atom is 0.223 e. The fraction of sp³-hybridized carbons (Fsp3) is 0.364. The average Bonchev–Trinajstić information content (AvgIpc) is 2.72. The van der Waals surface area contributed by atoms with Crippen molar-refractivity contribution in [3.8, 4) is 0 Å². The van der Waals surface area contributed by atoms with Crippen LogP contribution in [0.5, 0.6) is 0 Å². The summed E-state index contributed by atoms with van der Waals surface area (Å²) in [6.07, 6.45) is 3.90. The summed E-state index contributed by atoms with van der Waals surface area (Å²) in [5, 5.41) is 0.726. The number of carbonyl (C=O) groups excluding carboxylic acids is 1. The van der Waals surface area contributed by atoms with Crippen LogP contribution in [0, 0.1) is 12.7 Å². The first-order chi connectivity index (χ1) is 14.0. The van der Waals surface area contributed by atoms with Crippen LogP contribution in [0.3, 0.4) is 0 Å². The van der Waals surface area contributed by atoms with Crippen LogP contribution in [-0.2, 0) is 11.2 Å². The molecule has 29 heavy (non-hydrogen) atoms. The summed E-state index contributed by atoms with van der Waals surface area (Å²) in [7, 11) is 0. The van der Waals surface area contributed by atoms with Crippen molar-refractivity contribution in [1.29, 1.82) is 0 Å². The highest BCUT2D eigenvalue weighted by molar-refractivity contribution is 5.85. The molecule has 1 fully saturated rings. The average molecular weight is 393 g/mol. The number of hydrogen-bond donors (Lipinski definition) is 1. The van der Waals surface area contributed by atoms with Crippen LogP contribution in [0.2, 0.25) is 0 Å². The van der Waals surface area contributed by atoms with Gasteiger partial charge < -0.3 is 10.6 Å². The Morgan fingerprint density at radius 2 is 1.93 bits per heavy atom. The number of nitrogen functional groups attached to an aromatic ring is 1. The number of amides is 1. The molecule has 150 valence electrons. The number of piperidine rings is 1. The van der Waals surface area contributed by atoms with Crippen molar-refractivity contribution in [2.75, 3.05) is 12.3 Å². The SMILES string of the molecule is Cc1nc(N)c2ccc([C@@H]3CCCCN3C(=O)CCc3ccc(F)cc3)nc2n1. The van der Waals surface area contributed by atoms with Crippen LogP contribution in [0.25, 0.3) is 11.0 Å². The summed E-state index contributed by atoms with van der Waals surface area (Å²) >= 11 is 0. The number of aromatic nitrogens is 3. The molecule has 2 N–H and O–H groups in total. The van der Waals surface area contributed by atoms with Crippen LogP contribution in [0.1, 0.15) is 48.8 Å². The number of halogens is 1. The van der Waals surface area contributed by atoms with Gasteiger partial charge >= 0.3 is 0 Å². The zero-order valence-corrected chi connectivity index (χ0v) is 16.4. The van der Waals surface area contributed by atoms with E-state index in [1.807, 2.05) is 17.0 Å². The second-order valence-electron chi connectivity index (χ2n) is 7.49. The van der Waals surface area contributed by atoms with Crippen molar-refractivity contribution >= 4 is 22.8 Å². The zero-order valence-electron chi connectivity index (χ0n) is 16.4. The predicted octanol–water partition coefficient (Wildman–Crippen LogP) is 3.74. The van der Waals surface area contributed by atoms with Crippen LogP contribution in [0.4, 0.5) is 10.2 Å². The molecular formula is C22H24FN5O. The molecule has 1 atom stereocenters. The van der Waals surface area contributed by atoms with Gasteiger partial charge in [0.2, 0.25) is 5.91 Å². The molecule has 1 aromatic carbocycles. The fourth-order valence-electron chi connectivity index (χ4n) is 3.93. The summed E-state index contributed by atoms with van der Waals surface area (Å²) in [5.74, 6) is 0.829. The van der Waals surface area contributed by atoms with Gasteiger partial charge in [-0.25, -0.2) is 19.3 Å². The lowest BCUT2D eigenvalue weighted by molar-refractivity contribution is -0.135. The molecule has 0 unspecified atom stereocenters. The molecular weight excluding hydrogens is 369 g/mol. The summed E-state index contributed by atoms with van der Waals surface area (Å²) in [4.78, 5) is 28.2. The summed E-state index contributed by atoms with van der Waals surface area (Å²) in [5.41, 5.74) is 8.35. The highest BCUT2D eigenvalue weighted by Gasteiger charge is 2.29. The number of likely N-dealkylation sites (tertiary alicyclic amines) is 1. The molecule has 3 heterocycles. The number of pyridine rings is 1. The van der Waals surface area contributed by atoms with Crippen molar-refractivity contribution in [3.05, 3.63) is 59.3 Å². The monoisotopic (exact) mass is 393 g/mol. The number of nitrogens with two attached hydrogens (primary N) is 1. The highest BCUT2D eigenvalue weighted by atomic mass is 19.1. The first kappa shape index (κ1) is 19.2. The van der Waals surface area contributed by atoms with Gasteiger partial charge in [-0.2, -0.15) is 0 Å². The lowest BCUT2D eigenvalue weighted by Gasteiger charge is -2.35. The number of hydrogen-bond acceptors (Lipinski definition) is 5. The number of nitrogens with zero attached hydrogens (tertiary/aromatic N) is 4. The van der Waals surface area contributed by atoms with E-state index in [2.05, 4.69) is 9.97 Å². The van der Waals surface area contributed by atoms with Gasteiger partial charge in [-0.05, 0) is 62.4 Å². The molecule has 0 aliphatic carbocycles. The molecule has 1 aliphatic rings. The Kier molecular flexibility index (Phi) is 5.38. The van der Waals surface area contributed by atoms with Gasteiger partial charge in [-0.15, -0.1) is 0 Å². The third-order valence-corrected chi connectivity index (χ3v) is 5.43. The summed E-state index contributed by atoms with van der Waals surface area (Å²) < 4.78 is 13.1. The van der Waals surface area contributed by atoms with Crippen LogP contribution < -0.4 is 5.73 Å². The number of rotatable bonds is 4. The smallest absolute Gasteiger partial charge is 0.223 e. The molecule has 0 radical (unpaired) electrons. The zero-order chi connectivity index (χ0) is 20.4. The standard InChI is InChI=1S/C22H24FN5O/c1-14-25-21(24)17-10-11-18(27-22(17)26-14)19-4-2-3-13-28(19)20(29)12-7-15-5-8-16(23)9-6-15/h5-6,8-11,19H,2-4,7,12-13H2,1H3,(H2,24,25,26,27)/t19-/m0/s1. The van der Waals surface area contributed by atoms with Crippen molar-refractivity contribution < 1.29 is 9.18 Å². The molecule has 6 nitrogen and oxygen atoms in total. The van der Waals surface area contributed by atoms with E-state index >= 15 is 0 Å². The van der Waals surface area contributed by atoms with Crippen molar-refractivity contribution in [2.24, 2.45) is 0 Å². The number of fused-ring (bicyclic) bond motifs is 1. The fourth-order valence-corrected chi connectivity index (χ4v) is 3.93. The van der Waals surface area contributed by atoms with E-state index in [4.69, 9.17) is 10.7 Å².